The summed E-state index contributed by atoms with van der Waals surface area (Å²) in [5.41, 5.74) is 1.77. The molecule has 2 aromatic heterocycles. The number of carbonyl (C=O) groups excluding carboxylic acids is 1. The number of ether oxygens (including phenoxy) is 1. The number of benzene rings is 2. The van der Waals surface area contributed by atoms with Gasteiger partial charge in [0.2, 0.25) is 5.91 Å². The topological polar surface area (TPSA) is 64.1 Å². The number of aromatic nitrogens is 2. The number of methoxy groups -OCH3 is 1. The van der Waals surface area contributed by atoms with Crippen molar-refractivity contribution in [3.05, 3.63) is 53.5 Å². The Kier molecular flexibility index (Phi) is 4.17. The normalized spacial score (nSPS) is 11.4. The highest BCUT2D eigenvalue weighted by molar-refractivity contribution is 7.22. The van der Waals surface area contributed by atoms with E-state index in [9.17, 15) is 4.79 Å². The molecule has 7 heteroatoms. The molecule has 0 atom stereocenters. The van der Waals surface area contributed by atoms with E-state index in [4.69, 9.17) is 4.74 Å². The van der Waals surface area contributed by atoms with Crippen molar-refractivity contribution in [3.63, 3.8) is 0 Å². The zero-order valence-corrected chi connectivity index (χ0v) is 14.9. The average molecular weight is 367 g/mol. The lowest BCUT2D eigenvalue weighted by atomic mass is 10.3. The first-order valence-corrected chi connectivity index (χ1v) is 9.14. The lowest BCUT2D eigenvalue weighted by Gasteiger charge is -1.96. The molecule has 0 saturated carbocycles. The zero-order valence-electron chi connectivity index (χ0n) is 13.2. The molecule has 2 aromatic carbocycles. The van der Waals surface area contributed by atoms with Crippen molar-refractivity contribution in [2.45, 2.75) is 0 Å². The number of nitrogens with zero attached hydrogens (tertiary/aromatic N) is 2. The third-order valence-electron chi connectivity index (χ3n) is 3.51. The van der Waals surface area contributed by atoms with Gasteiger partial charge in [-0.2, -0.15) is 0 Å². The van der Waals surface area contributed by atoms with Gasteiger partial charge in [0.05, 0.1) is 27.5 Å². The van der Waals surface area contributed by atoms with Crippen LogP contribution in [0, 0.1) is 0 Å². The molecule has 124 valence electrons. The number of anilines is 1. The molecule has 0 fully saturated rings. The van der Waals surface area contributed by atoms with Crippen LogP contribution >= 0.6 is 22.7 Å². The maximum atomic E-state index is 12.1. The number of hydrogen-bond donors (Lipinski definition) is 1. The monoisotopic (exact) mass is 367 g/mol. The summed E-state index contributed by atoms with van der Waals surface area (Å²) in [5.74, 6) is 0.537. The minimum atomic E-state index is -0.231. The lowest BCUT2D eigenvalue weighted by Crippen LogP contribution is -2.07. The SMILES string of the molecule is COc1ccc2nc(NC(=O)/C=C/c3nc4ccccc4s3)sc2c1. The molecule has 0 aliphatic heterocycles. The van der Waals surface area contributed by atoms with E-state index >= 15 is 0 Å². The highest BCUT2D eigenvalue weighted by Crippen LogP contribution is 2.29. The van der Waals surface area contributed by atoms with Crippen LogP contribution in [0.2, 0.25) is 0 Å². The quantitative estimate of drug-likeness (QED) is 0.537. The number of thiazole rings is 2. The van der Waals surface area contributed by atoms with Crippen molar-refractivity contribution in [3.8, 4) is 5.75 Å². The lowest BCUT2D eigenvalue weighted by molar-refractivity contribution is -0.111. The maximum Gasteiger partial charge on any atom is 0.250 e. The number of para-hydroxylation sites is 1. The standard InChI is InChI=1S/C18H13N3O2S2/c1-23-11-6-7-13-15(10-11)25-18(20-13)21-16(22)8-9-17-19-12-4-2-3-5-14(12)24-17/h2-10H,1H3,(H,20,21,22)/b9-8+. The minimum Gasteiger partial charge on any atom is -0.497 e. The Morgan fingerprint density at radius 1 is 1.08 bits per heavy atom. The fourth-order valence-corrected chi connectivity index (χ4v) is 4.11. The van der Waals surface area contributed by atoms with Crippen LogP contribution in [0.4, 0.5) is 5.13 Å². The molecule has 0 radical (unpaired) electrons. The van der Waals surface area contributed by atoms with Crippen molar-refractivity contribution in [1.82, 2.24) is 9.97 Å². The second-order valence-corrected chi connectivity index (χ2v) is 7.29. The van der Waals surface area contributed by atoms with Crippen LogP contribution in [0.5, 0.6) is 5.75 Å². The van der Waals surface area contributed by atoms with Crippen LogP contribution in [0.1, 0.15) is 5.01 Å². The summed E-state index contributed by atoms with van der Waals surface area (Å²) in [7, 11) is 1.62. The maximum absolute atomic E-state index is 12.1. The number of nitrogens with one attached hydrogen (secondary N) is 1. The Morgan fingerprint density at radius 3 is 2.76 bits per heavy atom. The summed E-state index contributed by atoms with van der Waals surface area (Å²) < 4.78 is 7.26. The van der Waals surface area contributed by atoms with E-state index in [1.54, 1.807) is 24.5 Å². The molecular formula is C18H13N3O2S2. The Morgan fingerprint density at radius 2 is 1.92 bits per heavy atom. The van der Waals surface area contributed by atoms with Crippen molar-refractivity contribution in [1.29, 1.82) is 0 Å². The van der Waals surface area contributed by atoms with Crippen molar-refractivity contribution in [2.75, 3.05) is 12.4 Å². The van der Waals surface area contributed by atoms with E-state index in [0.717, 1.165) is 31.2 Å². The van der Waals surface area contributed by atoms with Gasteiger partial charge in [0.25, 0.3) is 0 Å². The molecule has 25 heavy (non-hydrogen) atoms. The number of rotatable bonds is 4. The van der Waals surface area contributed by atoms with Crippen LogP contribution in [0.15, 0.2) is 48.5 Å². The Labute approximate surface area is 151 Å². The van der Waals surface area contributed by atoms with Crippen molar-refractivity contribution >= 4 is 60.2 Å². The molecule has 0 bridgehead atoms. The van der Waals surface area contributed by atoms with Gasteiger partial charge in [-0.25, -0.2) is 9.97 Å². The number of carbonyl (C=O) groups is 1. The smallest absolute Gasteiger partial charge is 0.250 e. The number of fused-ring (bicyclic) bond motifs is 2. The van der Waals surface area contributed by atoms with Gasteiger partial charge in [-0.05, 0) is 36.4 Å². The van der Waals surface area contributed by atoms with E-state index in [1.165, 1.54) is 17.4 Å². The van der Waals surface area contributed by atoms with Gasteiger partial charge < -0.3 is 4.74 Å². The first-order valence-electron chi connectivity index (χ1n) is 7.50. The van der Waals surface area contributed by atoms with Gasteiger partial charge in [0.1, 0.15) is 10.8 Å². The molecule has 5 nitrogen and oxygen atoms in total. The first-order chi connectivity index (χ1) is 12.2. The fourth-order valence-electron chi connectivity index (χ4n) is 2.34. The third-order valence-corrected chi connectivity index (χ3v) is 5.45. The average Bonchev–Trinajstić information content (AvgIpc) is 3.21. The second kappa shape index (κ2) is 6.62. The summed E-state index contributed by atoms with van der Waals surface area (Å²) >= 11 is 2.96. The van der Waals surface area contributed by atoms with E-state index in [-0.39, 0.29) is 5.91 Å². The summed E-state index contributed by atoms with van der Waals surface area (Å²) in [5, 5.41) is 4.14. The molecule has 4 aromatic rings. The molecule has 4 rings (SSSR count). The summed E-state index contributed by atoms with van der Waals surface area (Å²) in [6, 6.07) is 13.5. The van der Waals surface area contributed by atoms with Gasteiger partial charge in [-0.15, -0.1) is 11.3 Å². The van der Waals surface area contributed by atoms with E-state index in [2.05, 4.69) is 15.3 Å². The van der Waals surface area contributed by atoms with Crippen molar-refractivity contribution < 1.29 is 9.53 Å². The van der Waals surface area contributed by atoms with Crippen LogP contribution in [0.3, 0.4) is 0 Å². The Bertz CT molecular complexity index is 1070. The molecule has 1 N–H and O–H groups in total. The molecule has 1 amide bonds. The van der Waals surface area contributed by atoms with Gasteiger partial charge in [-0.3, -0.25) is 10.1 Å². The third kappa shape index (κ3) is 3.38. The van der Waals surface area contributed by atoms with Crippen LogP contribution in [-0.2, 0) is 4.79 Å². The zero-order chi connectivity index (χ0) is 17.2. The van der Waals surface area contributed by atoms with Crippen LogP contribution < -0.4 is 10.1 Å². The van der Waals surface area contributed by atoms with Gasteiger partial charge in [0, 0.05) is 6.08 Å². The van der Waals surface area contributed by atoms with Gasteiger partial charge >= 0.3 is 0 Å². The first kappa shape index (κ1) is 15.7. The number of amides is 1. The molecule has 0 spiro atoms. The Hall–Kier alpha value is -2.77. The second-order valence-electron chi connectivity index (χ2n) is 5.20. The van der Waals surface area contributed by atoms with E-state index in [0.29, 0.717) is 5.13 Å². The Balaban J connectivity index is 1.49. The molecule has 0 unspecified atom stereocenters. The van der Waals surface area contributed by atoms with Crippen molar-refractivity contribution in [2.24, 2.45) is 0 Å². The van der Waals surface area contributed by atoms with E-state index < -0.39 is 0 Å². The van der Waals surface area contributed by atoms with Gasteiger partial charge in [0.15, 0.2) is 5.13 Å². The minimum absolute atomic E-state index is 0.231. The largest absolute Gasteiger partial charge is 0.497 e. The number of hydrogen-bond acceptors (Lipinski definition) is 6. The van der Waals surface area contributed by atoms with Gasteiger partial charge in [-0.1, -0.05) is 23.5 Å². The molecule has 0 saturated heterocycles. The van der Waals surface area contributed by atoms with Crippen LogP contribution in [0.25, 0.3) is 26.5 Å². The molecule has 2 heterocycles. The van der Waals surface area contributed by atoms with Crippen LogP contribution in [-0.4, -0.2) is 23.0 Å². The molecule has 0 aliphatic carbocycles. The fraction of sp³-hybridized carbons (Fsp3) is 0.0556. The molecular weight excluding hydrogens is 354 g/mol. The highest BCUT2D eigenvalue weighted by atomic mass is 32.1. The predicted octanol–water partition coefficient (Wildman–Crippen LogP) is 4.57. The van der Waals surface area contributed by atoms with E-state index in [1.807, 2.05) is 42.5 Å². The summed E-state index contributed by atoms with van der Waals surface area (Å²) in [6.45, 7) is 0. The predicted molar refractivity (Wildman–Crippen MR) is 103 cm³/mol. The summed E-state index contributed by atoms with van der Waals surface area (Å²) in [6.07, 6.45) is 3.20. The summed E-state index contributed by atoms with van der Waals surface area (Å²) in [4.78, 5) is 21.0. The highest BCUT2D eigenvalue weighted by Gasteiger charge is 2.07. The molecule has 0 aliphatic rings.